The van der Waals surface area contributed by atoms with Gasteiger partial charge < -0.3 is 9.72 Å². The highest BCUT2D eigenvalue weighted by Crippen LogP contribution is 2.34. The molecule has 0 aliphatic rings. The number of H-pyrrole nitrogens is 1. The zero-order valence-electron chi connectivity index (χ0n) is 19.5. The maximum atomic E-state index is 13.1. The maximum absolute atomic E-state index is 13.1. The standard InChI is InChI=1S/C27H21Cl3N4O2/c1-3-22-24-26(34(33-22)25-20(29)13-18(28)14-21(25)30)31-23(32-27(24)35)12-15-4-6-16(7-5-15)17-8-10-19(36-2)11-9-17/h4-11,13-14H,3,12H2,1-2H3,(H,31,32,35). The van der Waals surface area contributed by atoms with Crippen molar-refractivity contribution in [2.24, 2.45) is 0 Å². The van der Waals surface area contributed by atoms with Crippen LogP contribution in [-0.2, 0) is 12.8 Å². The molecule has 0 radical (unpaired) electrons. The number of halogens is 3. The SMILES string of the molecule is CCc1nn(-c2c(Cl)cc(Cl)cc2Cl)c2nc(Cc3ccc(-c4ccc(OC)cc4)cc3)[nH]c(=O)c12. The first kappa shape index (κ1) is 24.4. The minimum absolute atomic E-state index is 0.255. The third-order valence-corrected chi connectivity index (χ3v) is 6.73. The van der Waals surface area contributed by atoms with Gasteiger partial charge >= 0.3 is 0 Å². The van der Waals surface area contributed by atoms with E-state index in [2.05, 4.69) is 10.1 Å². The van der Waals surface area contributed by atoms with Crippen molar-refractivity contribution in [3.8, 4) is 22.6 Å². The first-order chi connectivity index (χ1) is 17.4. The van der Waals surface area contributed by atoms with Crippen LogP contribution in [-0.4, -0.2) is 26.9 Å². The van der Waals surface area contributed by atoms with E-state index in [-0.39, 0.29) is 5.56 Å². The van der Waals surface area contributed by atoms with E-state index in [1.165, 1.54) is 4.68 Å². The summed E-state index contributed by atoms with van der Waals surface area (Å²) in [5.41, 5.74) is 4.34. The van der Waals surface area contributed by atoms with Gasteiger partial charge in [-0.2, -0.15) is 5.10 Å². The van der Waals surface area contributed by atoms with Crippen molar-refractivity contribution < 1.29 is 4.74 Å². The highest BCUT2D eigenvalue weighted by Gasteiger charge is 2.20. The van der Waals surface area contributed by atoms with E-state index >= 15 is 0 Å². The van der Waals surface area contributed by atoms with Gasteiger partial charge in [0.1, 0.15) is 22.6 Å². The van der Waals surface area contributed by atoms with Crippen LogP contribution < -0.4 is 10.3 Å². The first-order valence-electron chi connectivity index (χ1n) is 11.3. The van der Waals surface area contributed by atoms with Crippen molar-refractivity contribution in [2.45, 2.75) is 19.8 Å². The predicted molar refractivity (Wildman–Crippen MR) is 145 cm³/mol. The molecule has 36 heavy (non-hydrogen) atoms. The Morgan fingerprint density at radius 2 is 1.56 bits per heavy atom. The van der Waals surface area contributed by atoms with Crippen LogP contribution in [0.5, 0.6) is 5.75 Å². The molecule has 5 rings (SSSR count). The van der Waals surface area contributed by atoms with Crippen LogP contribution in [0.1, 0.15) is 24.0 Å². The van der Waals surface area contributed by atoms with E-state index in [1.807, 2.05) is 55.5 Å². The number of benzene rings is 3. The largest absolute Gasteiger partial charge is 0.497 e. The van der Waals surface area contributed by atoms with Gasteiger partial charge in [0.05, 0.1) is 22.8 Å². The molecule has 1 N–H and O–H groups in total. The highest BCUT2D eigenvalue weighted by molar-refractivity contribution is 6.40. The first-order valence-corrected chi connectivity index (χ1v) is 12.4. The fourth-order valence-electron chi connectivity index (χ4n) is 4.15. The number of hydrogen-bond donors (Lipinski definition) is 1. The van der Waals surface area contributed by atoms with Gasteiger partial charge in [-0.3, -0.25) is 4.79 Å². The number of nitrogens with zero attached hydrogens (tertiary/aromatic N) is 3. The Morgan fingerprint density at radius 1 is 0.944 bits per heavy atom. The molecule has 2 heterocycles. The lowest BCUT2D eigenvalue weighted by molar-refractivity contribution is 0.415. The quantitative estimate of drug-likeness (QED) is 0.255. The molecule has 0 unspecified atom stereocenters. The lowest BCUT2D eigenvalue weighted by Crippen LogP contribution is -2.13. The number of aromatic nitrogens is 4. The Kier molecular flexibility index (Phi) is 6.75. The molecular formula is C27H21Cl3N4O2. The molecule has 5 aromatic rings. The van der Waals surface area contributed by atoms with Gasteiger partial charge in [0.15, 0.2) is 5.65 Å². The van der Waals surface area contributed by atoms with Crippen LogP contribution in [0, 0.1) is 0 Å². The fourth-order valence-corrected chi connectivity index (χ4v) is 5.13. The normalized spacial score (nSPS) is 11.2. The molecule has 0 spiro atoms. The molecule has 0 fully saturated rings. The summed E-state index contributed by atoms with van der Waals surface area (Å²) in [4.78, 5) is 20.8. The lowest BCUT2D eigenvalue weighted by Gasteiger charge is -2.09. The molecule has 0 saturated carbocycles. The Balaban J connectivity index is 1.53. The van der Waals surface area contributed by atoms with Crippen molar-refractivity contribution in [2.75, 3.05) is 7.11 Å². The Hall–Kier alpha value is -3.32. The van der Waals surface area contributed by atoms with Gasteiger partial charge in [0, 0.05) is 11.4 Å². The van der Waals surface area contributed by atoms with Crippen molar-refractivity contribution in [3.63, 3.8) is 0 Å². The molecule has 0 amide bonds. The van der Waals surface area contributed by atoms with Crippen molar-refractivity contribution in [3.05, 3.63) is 103 Å². The van der Waals surface area contributed by atoms with E-state index in [0.717, 1.165) is 22.4 Å². The van der Waals surface area contributed by atoms with Gasteiger partial charge in [-0.15, -0.1) is 0 Å². The van der Waals surface area contributed by atoms with Crippen LogP contribution in [0.3, 0.4) is 0 Å². The predicted octanol–water partition coefficient (Wildman–Crippen LogP) is 6.90. The average molecular weight is 540 g/mol. The minimum Gasteiger partial charge on any atom is -0.497 e. The number of ether oxygens (including phenoxy) is 1. The minimum atomic E-state index is -0.255. The molecule has 0 aliphatic carbocycles. The summed E-state index contributed by atoms with van der Waals surface area (Å²) in [5, 5.41) is 6.07. The number of methoxy groups -OCH3 is 1. The number of aryl methyl sites for hydroxylation is 1. The molecule has 2 aromatic heterocycles. The molecule has 6 nitrogen and oxygen atoms in total. The summed E-state index contributed by atoms with van der Waals surface area (Å²) in [6.07, 6.45) is 0.978. The highest BCUT2D eigenvalue weighted by atomic mass is 35.5. The summed E-state index contributed by atoms with van der Waals surface area (Å²) in [6, 6.07) is 19.2. The smallest absolute Gasteiger partial charge is 0.262 e. The second-order valence-electron chi connectivity index (χ2n) is 8.24. The van der Waals surface area contributed by atoms with Crippen LogP contribution in [0.15, 0.2) is 65.5 Å². The molecule has 0 saturated heterocycles. The van der Waals surface area contributed by atoms with Crippen LogP contribution >= 0.6 is 34.8 Å². The van der Waals surface area contributed by atoms with E-state index in [4.69, 9.17) is 44.5 Å². The summed E-state index contributed by atoms with van der Waals surface area (Å²) in [7, 11) is 1.65. The third kappa shape index (κ3) is 4.60. The molecule has 9 heteroatoms. The van der Waals surface area contributed by atoms with E-state index in [9.17, 15) is 4.79 Å². The van der Waals surface area contributed by atoms with Gasteiger partial charge in [0.25, 0.3) is 5.56 Å². The van der Waals surface area contributed by atoms with Crippen molar-refractivity contribution >= 4 is 45.8 Å². The topological polar surface area (TPSA) is 72.8 Å². The summed E-state index contributed by atoms with van der Waals surface area (Å²) in [6.45, 7) is 1.93. The monoisotopic (exact) mass is 538 g/mol. The number of hydrogen-bond acceptors (Lipinski definition) is 4. The Bertz CT molecular complexity index is 1600. The summed E-state index contributed by atoms with van der Waals surface area (Å²) >= 11 is 19.0. The molecular weight excluding hydrogens is 519 g/mol. The average Bonchev–Trinajstić information content (AvgIpc) is 3.23. The van der Waals surface area contributed by atoms with Crippen molar-refractivity contribution in [1.29, 1.82) is 0 Å². The number of aromatic amines is 1. The molecule has 0 aliphatic heterocycles. The Labute approximate surface area is 222 Å². The Morgan fingerprint density at radius 3 is 2.14 bits per heavy atom. The van der Waals surface area contributed by atoms with Gasteiger partial charge in [-0.1, -0.05) is 78.1 Å². The zero-order chi connectivity index (χ0) is 25.4. The number of nitrogens with one attached hydrogen (secondary N) is 1. The number of fused-ring (bicyclic) bond motifs is 1. The van der Waals surface area contributed by atoms with Gasteiger partial charge in [-0.25, -0.2) is 9.67 Å². The van der Waals surface area contributed by atoms with Gasteiger partial charge in [0.2, 0.25) is 0 Å². The molecule has 182 valence electrons. The third-order valence-electron chi connectivity index (χ3n) is 5.94. The van der Waals surface area contributed by atoms with Crippen LogP contribution in [0.4, 0.5) is 0 Å². The molecule has 0 bridgehead atoms. The van der Waals surface area contributed by atoms with E-state index < -0.39 is 0 Å². The second-order valence-corrected chi connectivity index (χ2v) is 9.49. The second kappa shape index (κ2) is 9.97. The van der Waals surface area contributed by atoms with E-state index in [1.54, 1.807) is 19.2 Å². The maximum Gasteiger partial charge on any atom is 0.262 e. The fraction of sp³-hybridized carbons (Fsp3) is 0.148. The van der Waals surface area contributed by atoms with Crippen LogP contribution in [0.25, 0.3) is 27.8 Å². The van der Waals surface area contributed by atoms with Crippen LogP contribution in [0.2, 0.25) is 15.1 Å². The van der Waals surface area contributed by atoms with Crippen molar-refractivity contribution in [1.82, 2.24) is 19.7 Å². The summed E-state index contributed by atoms with van der Waals surface area (Å²) in [5.74, 6) is 1.32. The summed E-state index contributed by atoms with van der Waals surface area (Å²) < 4.78 is 6.76. The molecule has 3 aromatic carbocycles. The van der Waals surface area contributed by atoms with E-state index in [0.29, 0.717) is 56.1 Å². The zero-order valence-corrected chi connectivity index (χ0v) is 21.7. The van der Waals surface area contributed by atoms with Gasteiger partial charge in [-0.05, 0) is 47.4 Å². The number of rotatable bonds is 6. The molecule has 0 atom stereocenters. The lowest BCUT2D eigenvalue weighted by atomic mass is 10.0.